The van der Waals surface area contributed by atoms with Crippen LogP contribution in [0.5, 0.6) is 0 Å². The molecule has 7 heteroatoms. The first kappa shape index (κ1) is 11.3. The van der Waals surface area contributed by atoms with Crippen LogP contribution in [-0.4, -0.2) is 4.98 Å². The molecule has 0 saturated heterocycles. The summed E-state index contributed by atoms with van der Waals surface area (Å²) in [6.07, 6.45) is 0. The van der Waals surface area contributed by atoms with Crippen molar-refractivity contribution in [1.29, 1.82) is 0 Å². The Labute approximate surface area is 92.8 Å². The molecule has 0 aliphatic heterocycles. The van der Waals surface area contributed by atoms with Crippen molar-refractivity contribution in [2.24, 2.45) is 5.18 Å². The van der Waals surface area contributed by atoms with E-state index in [9.17, 15) is 9.30 Å². The average Bonchev–Trinajstić information content (AvgIpc) is 2.15. The molecule has 0 aliphatic rings. The van der Waals surface area contributed by atoms with E-state index in [1.807, 2.05) is 0 Å². The highest BCUT2D eigenvalue weighted by Gasteiger charge is 2.21. The van der Waals surface area contributed by atoms with Gasteiger partial charge < -0.3 is 5.73 Å². The molecule has 1 rings (SSSR count). The molecular formula is C7H6BrClFN3O. The molecule has 1 unspecified atom stereocenters. The number of rotatable bonds is 2. The minimum Gasteiger partial charge on any atom is -0.396 e. The maximum Gasteiger partial charge on any atom is 0.168 e. The molecule has 0 fully saturated rings. The summed E-state index contributed by atoms with van der Waals surface area (Å²) in [5.41, 5.74) is 5.53. The van der Waals surface area contributed by atoms with Crippen molar-refractivity contribution in [3.63, 3.8) is 0 Å². The van der Waals surface area contributed by atoms with Crippen LogP contribution in [-0.2, 0) is 0 Å². The second-order valence-electron chi connectivity index (χ2n) is 2.62. The SMILES string of the molecule is CC(N=O)c1c(N)c(Br)nc(Cl)c1F. The molecule has 0 aliphatic carbocycles. The van der Waals surface area contributed by atoms with Crippen molar-refractivity contribution in [1.82, 2.24) is 4.98 Å². The van der Waals surface area contributed by atoms with Crippen LogP contribution < -0.4 is 5.73 Å². The van der Waals surface area contributed by atoms with Crippen LogP contribution in [0.25, 0.3) is 0 Å². The van der Waals surface area contributed by atoms with Gasteiger partial charge in [0.05, 0.1) is 5.69 Å². The number of aromatic nitrogens is 1. The van der Waals surface area contributed by atoms with Gasteiger partial charge in [-0.05, 0) is 22.9 Å². The first-order valence-electron chi connectivity index (χ1n) is 3.61. The minimum atomic E-state index is -0.896. The van der Waals surface area contributed by atoms with Crippen molar-refractivity contribution in [2.45, 2.75) is 13.0 Å². The number of nitrogens with two attached hydrogens (primary N) is 1. The second kappa shape index (κ2) is 4.18. The minimum absolute atomic E-state index is 0.0353. The maximum absolute atomic E-state index is 13.4. The Morgan fingerprint density at radius 3 is 2.79 bits per heavy atom. The van der Waals surface area contributed by atoms with Crippen molar-refractivity contribution >= 4 is 33.2 Å². The quantitative estimate of drug-likeness (QED) is 0.669. The second-order valence-corrected chi connectivity index (χ2v) is 3.73. The van der Waals surface area contributed by atoms with Crippen LogP contribution in [0, 0.1) is 10.7 Å². The zero-order valence-electron chi connectivity index (χ0n) is 7.09. The molecule has 1 aromatic heterocycles. The number of pyridine rings is 1. The lowest BCUT2D eigenvalue weighted by Gasteiger charge is -2.10. The highest BCUT2D eigenvalue weighted by Crippen LogP contribution is 2.33. The fourth-order valence-corrected chi connectivity index (χ4v) is 1.68. The Balaban J connectivity index is 3.46. The van der Waals surface area contributed by atoms with Crippen molar-refractivity contribution < 1.29 is 4.39 Å². The lowest BCUT2D eigenvalue weighted by molar-refractivity contribution is 0.588. The summed E-state index contributed by atoms with van der Waals surface area (Å²) in [6.45, 7) is 1.42. The molecule has 0 bridgehead atoms. The molecule has 0 amide bonds. The number of hydrogen-bond donors (Lipinski definition) is 1. The summed E-state index contributed by atoms with van der Waals surface area (Å²) < 4.78 is 13.6. The highest BCUT2D eigenvalue weighted by molar-refractivity contribution is 9.10. The summed E-state index contributed by atoms with van der Waals surface area (Å²) in [6, 6.07) is -0.896. The molecule has 1 heterocycles. The van der Waals surface area contributed by atoms with E-state index < -0.39 is 11.9 Å². The van der Waals surface area contributed by atoms with E-state index in [1.165, 1.54) is 6.92 Å². The van der Waals surface area contributed by atoms with E-state index >= 15 is 0 Å². The Morgan fingerprint density at radius 1 is 1.71 bits per heavy atom. The van der Waals surface area contributed by atoms with Gasteiger partial charge >= 0.3 is 0 Å². The van der Waals surface area contributed by atoms with Gasteiger partial charge in [0.25, 0.3) is 0 Å². The lowest BCUT2D eigenvalue weighted by atomic mass is 10.1. The Hall–Kier alpha value is -0.750. The molecule has 14 heavy (non-hydrogen) atoms. The first-order valence-corrected chi connectivity index (χ1v) is 4.78. The Bertz CT molecular complexity index is 361. The number of nitroso groups, excluding NO2 is 1. The number of halogens is 3. The van der Waals surface area contributed by atoms with E-state index in [1.54, 1.807) is 0 Å². The average molecular weight is 282 g/mol. The molecule has 1 atom stereocenters. The number of hydrogen-bond acceptors (Lipinski definition) is 4. The van der Waals surface area contributed by atoms with E-state index in [0.29, 0.717) is 0 Å². The van der Waals surface area contributed by atoms with E-state index in [0.717, 1.165) is 0 Å². The Kier molecular flexibility index (Phi) is 3.38. The molecule has 0 aromatic carbocycles. The molecule has 1 aromatic rings. The van der Waals surface area contributed by atoms with Crippen LogP contribution in [0.3, 0.4) is 0 Å². The summed E-state index contributed by atoms with van der Waals surface area (Å²) in [7, 11) is 0. The Morgan fingerprint density at radius 2 is 2.29 bits per heavy atom. The lowest BCUT2D eigenvalue weighted by Crippen LogP contribution is -2.04. The molecule has 0 radical (unpaired) electrons. The normalized spacial score (nSPS) is 12.6. The third kappa shape index (κ3) is 1.85. The van der Waals surface area contributed by atoms with E-state index in [-0.39, 0.29) is 21.0 Å². The van der Waals surface area contributed by atoms with Gasteiger partial charge in [0.1, 0.15) is 10.6 Å². The molecular weight excluding hydrogens is 276 g/mol. The summed E-state index contributed by atoms with van der Waals surface area (Å²) in [5, 5.41) is 2.35. The van der Waals surface area contributed by atoms with E-state index in [2.05, 4.69) is 26.1 Å². The van der Waals surface area contributed by atoms with Crippen LogP contribution in [0.4, 0.5) is 10.1 Å². The maximum atomic E-state index is 13.4. The topological polar surface area (TPSA) is 68.3 Å². The van der Waals surface area contributed by atoms with Crippen LogP contribution in [0.2, 0.25) is 5.15 Å². The van der Waals surface area contributed by atoms with Crippen LogP contribution in [0.1, 0.15) is 18.5 Å². The van der Waals surface area contributed by atoms with Crippen LogP contribution in [0.15, 0.2) is 9.78 Å². The summed E-state index contributed by atoms with van der Waals surface area (Å²) >= 11 is 8.47. The van der Waals surface area contributed by atoms with Gasteiger partial charge in [-0.1, -0.05) is 16.8 Å². The van der Waals surface area contributed by atoms with Gasteiger partial charge in [0.2, 0.25) is 0 Å². The van der Waals surface area contributed by atoms with Crippen molar-refractivity contribution in [3.8, 4) is 0 Å². The van der Waals surface area contributed by atoms with Gasteiger partial charge in [0.15, 0.2) is 11.0 Å². The molecule has 0 spiro atoms. The summed E-state index contributed by atoms with van der Waals surface area (Å²) in [4.78, 5) is 13.9. The third-order valence-electron chi connectivity index (χ3n) is 1.70. The predicted molar refractivity (Wildman–Crippen MR) is 55.5 cm³/mol. The highest BCUT2D eigenvalue weighted by atomic mass is 79.9. The van der Waals surface area contributed by atoms with Crippen molar-refractivity contribution in [2.75, 3.05) is 5.73 Å². The van der Waals surface area contributed by atoms with Gasteiger partial charge in [-0.3, -0.25) is 0 Å². The molecule has 4 nitrogen and oxygen atoms in total. The van der Waals surface area contributed by atoms with Gasteiger partial charge in [-0.15, -0.1) is 0 Å². The standard InChI is InChI=1S/C7H6BrClFN3O/c1-2(13-14)3-4(10)7(9)12-6(8)5(3)11/h2H,11H2,1H3. The molecule has 0 saturated carbocycles. The first-order chi connectivity index (χ1) is 6.49. The zero-order chi connectivity index (χ0) is 10.9. The summed E-state index contributed by atoms with van der Waals surface area (Å²) in [5.74, 6) is -0.806. The van der Waals surface area contributed by atoms with Crippen LogP contribution >= 0.6 is 27.5 Å². The largest absolute Gasteiger partial charge is 0.396 e. The number of nitrogen functional groups attached to an aromatic ring is 1. The monoisotopic (exact) mass is 281 g/mol. The fraction of sp³-hybridized carbons (Fsp3) is 0.286. The van der Waals surface area contributed by atoms with Gasteiger partial charge in [0, 0.05) is 5.56 Å². The third-order valence-corrected chi connectivity index (χ3v) is 2.56. The zero-order valence-corrected chi connectivity index (χ0v) is 9.43. The number of nitrogens with zero attached hydrogens (tertiary/aromatic N) is 2. The number of anilines is 1. The van der Waals surface area contributed by atoms with E-state index in [4.69, 9.17) is 17.3 Å². The van der Waals surface area contributed by atoms with Crippen molar-refractivity contribution in [3.05, 3.63) is 26.0 Å². The molecule has 76 valence electrons. The smallest absolute Gasteiger partial charge is 0.168 e. The molecule has 2 N–H and O–H groups in total. The fourth-order valence-electron chi connectivity index (χ4n) is 0.997. The predicted octanol–water partition coefficient (Wildman–Crippen LogP) is 3.05. The van der Waals surface area contributed by atoms with Gasteiger partial charge in [-0.2, -0.15) is 4.91 Å². The van der Waals surface area contributed by atoms with Gasteiger partial charge in [-0.25, -0.2) is 9.37 Å².